The van der Waals surface area contributed by atoms with E-state index in [1.807, 2.05) is 12.1 Å². The maximum absolute atomic E-state index is 13.3. The molecule has 3 rings (SSSR count). The van der Waals surface area contributed by atoms with Gasteiger partial charge in [-0.2, -0.15) is 0 Å². The highest BCUT2D eigenvalue weighted by molar-refractivity contribution is 9.10. The highest BCUT2D eigenvalue weighted by atomic mass is 79.9. The second-order valence-corrected chi connectivity index (χ2v) is 5.76. The van der Waals surface area contributed by atoms with E-state index in [4.69, 9.17) is 0 Å². The van der Waals surface area contributed by atoms with Gasteiger partial charge in [-0.05, 0) is 54.8 Å². The third-order valence-electron chi connectivity index (χ3n) is 3.48. The summed E-state index contributed by atoms with van der Waals surface area (Å²) in [5, 5.41) is 0. The van der Waals surface area contributed by atoms with Crippen LogP contribution in [0.5, 0.6) is 0 Å². The molecule has 0 unspecified atom stereocenters. The van der Waals surface area contributed by atoms with Crippen molar-refractivity contribution in [2.75, 3.05) is 11.4 Å². The van der Waals surface area contributed by atoms with Gasteiger partial charge >= 0.3 is 0 Å². The summed E-state index contributed by atoms with van der Waals surface area (Å²) in [6, 6.07) is 12.0. The van der Waals surface area contributed by atoms with Crippen molar-refractivity contribution in [3.8, 4) is 0 Å². The molecule has 1 amide bonds. The molecule has 0 N–H and O–H groups in total. The Morgan fingerprint density at radius 2 is 2.05 bits per heavy atom. The van der Waals surface area contributed by atoms with Crippen molar-refractivity contribution < 1.29 is 9.18 Å². The predicted molar refractivity (Wildman–Crippen MR) is 80.5 cm³/mol. The van der Waals surface area contributed by atoms with Gasteiger partial charge < -0.3 is 4.90 Å². The second kappa shape index (κ2) is 5.37. The van der Waals surface area contributed by atoms with Gasteiger partial charge in [0.05, 0.1) is 0 Å². The first-order valence-electron chi connectivity index (χ1n) is 6.51. The fourth-order valence-corrected chi connectivity index (χ4v) is 2.95. The quantitative estimate of drug-likeness (QED) is 0.766. The monoisotopic (exact) mass is 333 g/mol. The number of benzene rings is 2. The molecule has 2 aromatic carbocycles. The van der Waals surface area contributed by atoms with Crippen molar-refractivity contribution in [1.82, 2.24) is 0 Å². The van der Waals surface area contributed by atoms with E-state index in [9.17, 15) is 9.18 Å². The summed E-state index contributed by atoms with van der Waals surface area (Å²) in [4.78, 5) is 14.3. The second-order valence-electron chi connectivity index (χ2n) is 4.84. The Bertz CT molecular complexity index is 671. The van der Waals surface area contributed by atoms with E-state index < -0.39 is 0 Å². The number of aryl methyl sites for hydroxylation is 1. The lowest BCUT2D eigenvalue weighted by Crippen LogP contribution is -2.35. The van der Waals surface area contributed by atoms with Crippen LogP contribution in [0, 0.1) is 5.82 Å². The molecule has 0 fully saturated rings. The van der Waals surface area contributed by atoms with Gasteiger partial charge in [0, 0.05) is 22.3 Å². The Morgan fingerprint density at radius 3 is 2.85 bits per heavy atom. The maximum Gasteiger partial charge on any atom is 0.258 e. The molecule has 0 radical (unpaired) electrons. The third kappa shape index (κ3) is 2.48. The zero-order chi connectivity index (χ0) is 14.1. The summed E-state index contributed by atoms with van der Waals surface area (Å²) in [5.41, 5.74) is 2.36. The first kappa shape index (κ1) is 13.3. The summed E-state index contributed by atoms with van der Waals surface area (Å²) >= 11 is 3.38. The summed E-state index contributed by atoms with van der Waals surface area (Å²) in [5.74, 6) is -0.292. The van der Waals surface area contributed by atoms with Crippen molar-refractivity contribution in [2.24, 2.45) is 0 Å². The van der Waals surface area contributed by atoms with Gasteiger partial charge in [0.15, 0.2) is 0 Å². The first-order chi connectivity index (χ1) is 9.65. The fraction of sp³-hybridized carbons (Fsp3) is 0.188. The van der Waals surface area contributed by atoms with Gasteiger partial charge in [0.2, 0.25) is 0 Å². The number of hydrogen-bond donors (Lipinski definition) is 0. The Hall–Kier alpha value is -1.68. The molecule has 4 heteroatoms. The Morgan fingerprint density at radius 1 is 1.20 bits per heavy atom. The minimum Gasteiger partial charge on any atom is -0.308 e. The van der Waals surface area contributed by atoms with Crippen molar-refractivity contribution in [2.45, 2.75) is 12.8 Å². The number of anilines is 1. The van der Waals surface area contributed by atoms with Crippen LogP contribution in [0.15, 0.2) is 46.9 Å². The number of rotatable bonds is 1. The average molecular weight is 334 g/mol. The van der Waals surface area contributed by atoms with Crippen LogP contribution in [-0.4, -0.2) is 12.5 Å². The molecule has 2 nitrogen and oxygen atoms in total. The molecule has 1 heterocycles. The molecule has 0 saturated carbocycles. The van der Waals surface area contributed by atoms with Gasteiger partial charge in [-0.15, -0.1) is 0 Å². The first-order valence-corrected chi connectivity index (χ1v) is 7.30. The molecular weight excluding hydrogens is 321 g/mol. The molecule has 102 valence electrons. The normalized spacial score (nSPS) is 14.0. The summed E-state index contributed by atoms with van der Waals surface area (Å²) in [7, 11) is 0. The summed E-state index contributed by atoms with van der Waals surface area (Å²) in [6.07, 6.45) is 1.67. The van der Waals surface area contributed by atoms with E-state index in [-0.39, 0.29) is 11.7 Å². The zero-order valence-electron chi connectivity index (χ0n) is 10.8. The fourth-order valence-electron chi connectivity index (χ4n) is 2.55. The molecule has 0 atom stereocenters. The number of nitrogens with zero attached hydrogens (tertiary/aromatic N) is 1. The van der Waals surface area contributed by atoms with Crippen LogP contribution < -0.4 is 4.90 Å². The summed E-state index contributed by atoms with van der Waals surface area (Å²) in [6.45, 7) is 0.671. The van der Waals surface area contributed by atoms with E-state index in [2.05, 4.69) is 15.9 Å². The Labute approximate surface area is 125 Å². The van der Waals surface area contributed by atoms with E-state index in [0.29, 0.717) is 12.1 Å². The van der Waals surface area contributed by atoms with E-state index in [0.717, 1.165) is 28.6 Å². The van der Waals surface area contributed by atoms with Gasteiger partial charge in [-0.1, -0.05) is 22.0 Å². The van der Waals surface area contributed by atoms with Crippen molar-refractivity contribution in [1.29, 1.82) is 0 Å². The number of fused-ring (bicyclic) bond motifs is 1. The third-order valence-corrected chi connectivity index (χ3v) is 3.97. The van der Waals surface area contributed by atoms with Gasteiger partial charge in [0.25, 0.3) is 5.91 Å². The molecular formula is C16H13BrFNO. The Balaban J connectivity index is 1.98. The number of hydrogen-bond acceptors (Lipinski definition) is 1. The van der Waals surface area contributed by atoms with Crippen LogP contribution in [0.1, 0.15) is 22.3 Å². The van der Waals surface area contributed by atoms with Gasteiger partial charge in [-0.3, -0.25) is 4.79 Å². The van der Waals surface area contributed by atoms with Crippen LogP contribution in [-0.2, 0) is 6.42 Å². The SMILES string of the molecule is O=C(c1cccc(Br)c1)N1CCCc2cc(F)ccc21. The average Bonchev–Trinajstić information content (AvgIpc) is 2.45. The number of carbonyl (C=O) groups is 1. The molecule has 1 aliphatic rings. The van der Waals surface area contributed by atoms with Crippen LogP contribution >= 0.6 is 15.9 Å². The van der Waals surface area contributed by atoms with Crippen LogP contribution in [0.3, 0.4) is 0 Å². The van der Waals surface area contributed by atoms with Crippen molar-refractivity contribution >= 4 is 27.5 Å². The maximum atomic E-state index is 13.3. The topological polar surface area (TPSA) is 20.3 Å². The van der Waals surface area contributed by atoms with Gasteiger partial charge in [0.1, 0.15) is 5.82 Å². The molecule has 0 aliphatic carbocycles. The molecule has 0 aromatic heterocycles. The lowest BCUT2D eigenvalue weighted by molar-refractivity contribution is 0.0985. The smallest absolute Gasteiger partial charge is 0.258 e. The lowest BCUT2D eigenvalue weighted by atomic mass is 10.0. The van der Waals surface area contributed by atoms with E-state index in [1.165, 1.54) is 12.1 Å². The number of carbonyl (C=O) groups excluding carboxylic acids is 1. The van der Waals surface area contributed by atoms with Crippen LogP contribution in [0.25, 0.3) is 0 Å². The molecule has 0 saturated heterocycles. The summed E-state index contributed by atoms with van der Waals surface area (Å²) < 4.78 is 14.2. The molecule has 20 heavy (non-hydrogen) atoms. The molecule has 1 aliphatic heterocycles. The van der Waals surface area contributed by atoms with E-state index in [1.54, 1.807) is 23.1 Å². The van der Waals surface area contributed by atoms with E-state index >= 15 is 0 Å². The minimum absolute atomic E-state index is 0.0427. The Kier molecular flexibility index (Phi) is 3.57. The van der Waals surface area contributed by atoms with Crippen molar-refractivity contribution in [3.63, 3.8) is 0 Å². The zero-order valence-corrected chi connectivity index (χ0v) is 12.4. The van der Waals surface area contributed by atoms with Crippen molar-refractivity contribution in [3.05, 3.63) is 63.9 Å². The van der Waals surface area contributed by atoms with Gasteiger partial charge in [-0.25, -0.2) is 4.39 Å². The predicted octanol–water partition coefficient (Wildman–Crippen LogP) is 4.18. The molecule has 0 bridgehead atoms. The largest absolute Gasteiger partial charge is 0.308 e. The molecule has 2 aromatic rings. The molecule has 0 spiro atoms. The number of halogens is 2. The lowest BCUT2D eigenvalue weighted by Gasteiger charge is -2.29. The standard InChI is InChI=1S/C16H13BrFNO/c17-13-5-1-3-12(9-13)16(20)19-8-2-4-11-10-14(18)6-7-15(11)19/h1,3,5-7,9-10H,2,4,8H2. The number of amides is 1. The van der Waals surface area contributed by atoms with Crippen LogP contribution in [0.2, 0.25) is 0 Å². The minimum atomic E-state index is -0.250. The van der Waals surface area contributed by atoms with Crippen LogP contribution in [0.4, 0.5) is 10.1 Å². The highest BCUT2D eigenvalue weighted by Gasteiger charge is 2.23. The highest BCUT2D eigenvalue weighted by Crippen LogP contribution is 2.29.